The third-order valence-electron chi connectivity index (χ3n) is 7.10. The molecule has 1 aliphatic heterocycles. The summed E-state index contributed by atoms with van der Waals surface area (Å²) in [6.45, 7) is 2.25. The van der Waals surface area contributed by atoms with Crippen molar-refractivity contribution in [2.45, 2.75) is 19.6 Å². The van der Waals surface area contributed by atoms with Gasteiger partial charge in [-0.3, -0.25) is 9.36 Å². The molecule has 0 spiro atoms. The van der Waals surface area contributed by atoms with Gasteiger partial charge in [-0.15, -0.1) is 0 Å². The van der Waals surface area contributed by atoms with Gasteiger partial charge in [-0.1, -0.05) is 84.1 Å². The highest BCUT2D eigenvalue weighted by molar-refractivity contribution is 14.1. The molecule has 0 N–H and O–H groups in total. The van der Waals surface area contributed by atoms with Crippen molar-refractivity contribution in [1.29, 1.82) is 0 Å². The van der Waals surface area contributed by atoms with Crippen molar-refractivity contribution in [3.63, 3.8) is 0 Å². The third-order valence-corrected chi connectivity index (χ3v) is 9.69. The summed E-state index contributed by atoms with van der Waals surface area (Å²) in [5.41, 5.74) is 3.79. The summed E-state index contributed by atoms with van der Waals surface area (Å²) < 4.78 is 28.7. The van der Waals surface area contributed by atoms with Crippen molar-refractivity contribution in [2.75, 3.05) is 6.61 Å². The zero-order valence-electron chi connectivity index (χ0n) is 23.9. The molecule has 226 valence electrons. The molecule has 0 saturated heterocycles. The summed E-state index contributed by atoms with van der Waals surface area (Å²) in [4.78, 5) is 33.1. The fourth-order valence-corrected chi connectivity index (χ4v) is 8.21. The summed E-state index contributed by atoms with van der Waals surface area (Å²) in [6.07, 6.45) is 1.84. The number of fused-ring (bicyclic) bond motifs is 1. The fraction of sp³-hybridized carbons (Fsp3) is 0.114. The summed E-state index contributed by atoms with van der Waals surface area (Å²) in [5, 5.41) is 0. The number of aromatic nitrogens is 1. The second kappa shape index (κ2) is 13.8. The van der Waals surface area contributed by atoms with Gasteiger partial charge in [0, 0.05) is 5.56 Å². The lowest BCUT2D eigenvalue weighted by molar-refractivity contribution is -0.138. The number of esters is 1. The van der Waals surface area contributed by atoms with Gasteiger partial charge in [-0.25, -0.2) is 14.2 Å². The predicted molar refractivity (Wildman–Crippen MR) is 190 cm³/mol. The molecule has 0 unspecified atom stereocenters. The Bertz CT molecular complexity index is 2070. The SMILES string of the molecule is CCOC(=O)C1=C(c2ccccc2)N=c2s/c(=C\c3cc(I)c(OCc4ccc(F)cc4)c(I)c3)c(=O)n2[C@H]1c1ccccc1. The highest BCUT2D eigenvalue weighted by Gasteiger charge is 2.35. The van der Waals surface area contributed by atoms with Gasteiger partial charge in [0.2, 0.25) is 0 Å². The summed E-state index contributed by atoms with van der Waals surface area (Å²) >= 11 is 5.72. The van der Waals surface area contributed by atoms with Gasteiger partial charge in [0.25, 0.3) is 5.56 Å². The normalized spacial score (nSPS) is 14.6. The Labute approximate surface area is 289 Å². The van der Waals surface area contributed by atoms with E-state index in [0.29, 0.717) is 27.2 Å². The van der Waals surface area contributed by atoms with E-state index < -0.39 is 12.0 Å². The van der Waals surface area contributed by atoms with Gasteiger partial charge < -0.3 is 9.47 Å². The van der Waals surface area contributed by atoms with Crippen LogP contribution in [0.2, 0.25) is 0 Å². The van der Waals surface area contributed by atoms with Crippen LogP contribution in [-0.2, 0) is 16.1 Å². The van der Waals surface area contributed by atoms with Gasteiger partial charge in [-0.2, -0.15) is 0 Å². The minimum absolute atomic E-state index is 0.192. The Morgan fingerprint density at radius 2 is 1.62 bits per heavy atom. The largest absolute Gasteiger partial charge is 0.487 e. The summed E-state index contributed by atoms with van der Waals surface area (Å²) in [6, 6.07) is 28.4. The smallest absolute Gasteiger partial charge is 0.338 e. The summed E-state index contributed by atoms with van der Waals surface area (Å²) in [7, 11) is 0. The topological polar surface area (TPSA) is 69.9 Å². The van der Waals surface area contributed by atoms with Crippen molar-refractivity contribution in [1.82, 2.24) is 4.57 Å². The second-order valence-electron chi connectivity index (χ2n) is 10.1. The van der Waals surface area contributed by atoms with Crippen LogP contribution < -0.4 is 19.6 Å². The van der Waals surface area contributed by atoms with Crippen LogP contribution in [0.15, 0.2) is 112 Å². The number of nitrogens with zero attached hydrogens (tertiary/aromatic N) is 2. The van der Waals surface area contributed by atoms with E-state index in [0.717, 1.165) is 35.1 Å². The van der Waals surface area contributed by atoms with Gasteiger partial charge in [-0.05, 0) is 99.1 Å². The second-order valence-corrected chi connectivity index (χ2v) is 13.4. The first-order valence-electron chi connectivity index (χ1n) is 14.0. The Morgan fingerprint density at radius 3 is 2.27 bits per heavy atom. The maximum absolute atomic E-state index is 14.1. The number of benzene rings is 4. The van der Waals surface area contributed by atoms with Crippen molar-refractivity contribution in [3.8, 4) is 5.75 Å². The highest BCUT2D eigenvalue weighted by Crippen LogP contribution is 2.35. The van der Waals surface area contributed by atoms with E-state index in [1.807, 2.05) is 78.9 Å². The van der Waals surface area contributed by atoms with E-state index in [-0.39, 0.29) is 18.0 Å². The molecule has 6 rings (SSSR count). The molecule has 4 aromatic carbocycles. The minimum Gasteiger partial charge on any atom is -0.487 e. The molecule has 6 nitrogen and oxygen atoms in total. The number of thiazole rings is 1. The Morgan fingerprint density at radius 1 is 0.978 bits per heavy atom. The monoisotopic (exact) mass is 842 g/mol. The number of hydrogen-bond donors (Lipinski definition) is 0. The van der Waals surface area contributed by atoms with Gasteiger partial charge in [0.15, 0.2) is 4.80 Å². The average molecular weight is 842 g/mol. The first-order valence-corrected chi connectivity index (χ1v) is 17.0. The first kappa shape index (κ1) is 31.4. The molecule has 45 heavy (non-hydrogen) atoms. The molecular formula is C35H25FI2N2O4S. The van der Waals surface area contributed by atoms with Crippen LogP contribution in [0.5, 0.6) is 5.75 Å². The zero-order chi connectivity index (χ0) is 31.5. The van der Waals surface area contributed by atoms with Crippen LogP contribution in [0.1, 0.15) is 35.2 Å². The number of carbonyl (C=O) groups excluding carboxylic acids is 1. The molecule has 1 aliphatic rings. The Kier molecular flexibility index (Phi) is 9.61. The molecule has 10 heteroatoms. The molecule has 0 amide bonds. The van der Waals surface area contributed by atoms with Crippen LogP contribution in [-0.4, -0.2) is 17.1 Å². The van der Waals surface area contributed by atoms with Crippen molar-refractivity contribution >= 4 is 74.3 Å². The van der Waals surface area contributed by atoms with E-state index in [2.05, 4.69) is 45.2 Å². The van der Waals surface area contributed by atoms with Crippen LogP contribution in [0.4, 0.5) is 4.39 Å². The number of hydrogen-bond acceptors (Lipinski definition) is 6. The number of halogens is 3. The predicted octanol–water partition coefficient (Wildman–Crippen LogP) is 6.86. The zero-order valence-corrected chi connectivity index (χ0v) is 29.0. The molecule has 1 aromatic heterocycles. The van der Waals surface area contributed by atoms with E-state index in [1.54, 1.807) is 23.6 Å². The van der Waals surface area contributed by atoms with Gasteiger partial charge >= 0.3 is 5.97 Å². The fourth-order valence-electron chi connectivity index (χ4n) is 5.08. The Hall–Kier alpha value is -3.62. The molecule has 0 aliphatic carbocycles. The minimum atomic E-state index is -0.721. The Balaban J connectivity index is 1.46. The molecule has 5 aromatic rings. The molecule has 0 fully saturated rings. The standard InChI is InChI=1S/C35H25FI2N2O4S/c1-2-43-34(42)29-30(23-9-5-3-6-10-23)39-35-40(31(29)24-11-7-4-8-12-24)33(41)28(45-35)19-22-17-26(37)32(27(38)18-22)44-20-21-13-15-25(36)16-14-21/h3-19,31H,2,20H2,1H3/b28-19-/t31-/m0/s1. The van der Waals surface area contributed by atoms with Crippen molar-refractivity contribution in [3.05, 3.63) is 158 Å². The molecule has 0 radical (unpaired) electrons. The lowest BCUT2D eigenvalue weighted by Gasteiger charge is -2.25. The van der Waals surface area contributed by atoms with E-state index in [1.165, 1.54) is 23.5 Å². The molecule has 0 bridgehead atoms. The first-order chi connectivity index (χ1) is 21.8. The molecule has 2 heterocycles. The number of rotatable bonds is 8. The molecule has 1 atom stereocenters. The quantitative estimate of drug-likeness (QED) is 0.127. The maximum atomic E-state index is 14.1. The average Bonchev–Trinajstić information content (AvgIpc) is 3.35. The van der Waals surface area contributed by atoms with Gasteiger partial charge in [0.05, 0.1) is 35.6 Å². The highest BCUT2D eigenvalue weighted by atomic mass is 127. The number of carbonyl (C=O) groups is 1. The van der Waals surface area contributed by atoms with Crippen LogP contribution in [0, 0.1) is 13.0 Å². The molecular weight excluding hydrogens is 817 g/mol. The maximum Gasteiger partial charge on any atom is 0.338 e. The van der Waals surface area contributed by atoms with Crippen molar-refractivity contribution in [2.24, 2.45) is 4.99 Å². The van der Waals surface area contributed by atoms with Crippen molar-refractivity contribution < 1.29 is 18.7 Å². The van der Waals surface area contributed by atoms with E-state index >= 15 is 0 Å². The van der Waals surface area contributed by atoms with Crippen LogP contribution >= 0.6 is 56.5 Å². The number of ether oxygens (including phenoxy) is 2. The lowest BCUT2D eigenvalue weighted by Crippen LogP contribution is -2.40. The van der Waals surface area contributed by atoms with E-state index in [9.17, 15) is 14.0 Å². The summed E-state index contributed by atoms with van der Waals surface area (Å²) in [5.74, 6) is -0.0839. The van der Waals surface area contributed by atoms with Gasteiger partial charge in [0.1, 0.15) is 18.2 Å². The van der Waals surface area contributed by atoms with Crippen LogP contribution in [0.25, 0.3) is 11.8 Å². The van der Waals surface area contributed by atoms with E-state index in [4.69, 9.17) is 14.5 Å². The molecule has 0 saturated carbocycles. The van der Waals surface area contributed by atoms with Crippen LogP contribution in [0.3, 0.4) is 0 Å². The lowest BCUT2D eigenvalue weighted by atomic mass is 9.93. The third kappa shape index (κ3) is 6.68.